The molecule has 0 spiro atoms. The molecule has 1 aliphatic rings. The van der Waals surface area contributed by atoms with E-state index in [1.807, 2.05) is 24.3 Å². The third-order valence-corrected chi connectivity index (χ3v) is 4.12. The molecule has 2 aromatic rings. The number of ether oxygens (including phenoxy) is 1. The highest BCUT2D eigenvalue weighted by Gasteiger charge is 2.09. The van der Waals surface area contributed by atoms with E-state index in [0.29, 0.717) is 6.61 Å². The molecule has 21 heavy (non-hydrogen) atoms. The molecule has 0 fully saturated rings. The second kappa shape index (κ2) is 6.86. The Balaban J connectivity index is 1.48. The molecular weight excluding hydrogens is 282 g/mol. The van der Waals surface area contributed by atoms with Crippen LogP contribution in [0.1, 0.15) is 24.0 Å². The van der Waals surface area contributed by atoms with Gasteiger partial charge in [-0.3, -0.25) is 0 Å². The summed E-state index contributed by atoms with van der Waals surface area (Å²) in [6, 6.07) is 14.2. The van der Waals surface area contributed by atoms with Crippen LogP contribution < -0.4 is 10.1 Å². The Morgan fingerprint density at radius 3 is 2.52 bits per heavy atom. The van der Waals surface area contributed by atoms with Gasteiger partial charge in [0.15, 0.2) is 0 Å². The van der Waals surface area contributed by atoms with Crippen molar-refractivity contribution in [2.75, 3.05) is 18.5 Å². The van der Waals surface area contributed by atoms with Crippen LogP contribution in [0.5, 0.6) is 5.75 Å². The zero-order chi connectivity index (χ0) is 14.5. The molecule has 3 heteroatoms. The molecule has 110 valence electrons. The highest BCUT2D eigenvalue weighted by atomic mass is 35.5. The molecular formula is C18H20ClNO. The van der Waals surface area contributed by atoms with Gasteiger partial charge < -0.3 is 10.1 Å². The lowest BCUT2D eigenvalue weighted by molar-refractivity contribution is 0.332. The van der Waals surface area contributed by atoms with Crippen molar-refractivity contribution >= 4 is 17.3 Å². The van der Waals surface area contributed by atoms with E-state index in [-0.39, 0.29) is 0 Å². The standard InChI is InChI=1S/C18H20ClNO/c19-16-6-8-17(9-7-16)20-11-12-21-18-10-5-14-3-1-2-4-15(14)13-18/h5-10,13,20H,1-4,11-12H2. The van der Waals surface area contributed by atoms with Gasteiger partial charge in [-0.05, 0) is 73.2 Å². The Morgan fingerprint density at radius 1 is 0.952 bits per heavy atom. The van der Waals surface area contributed by atoms with E-state index >= 15 is 0 Å². The van der Waals surface area contributed by atoms with Gasteiger partial charge >= 0.3 is 0 Å². The third-order valence-electron chi connectivity index (χ3n) is 3.86. The van der Waals surface area contributed by atoms with Crippen LogP contribution in [0.4, 0.5) is 5.69 Å². The number of anilines is 1. The maximum Gasteiger partial charge on any atom is 0.119 e. The fourth-order valence-electron chi connectivity index (χ4n) is 2.73. The molecule has 0 aliphatic heterocycles. The van der Waals surface area contributed by atoms with Crippen LogP contribution in [0.3, 0.4) is 0 Å². The summed E-state index contributed by atoms with van der Waals surface area (Å²) in [4.78, 5) is 0. The molecule has 0 aromatic heterocycles. The van der Waals surface area contributed by atoms with Gasteiger partial charge in [0.2, 0.25) is 0 Å². The van der Waals surface area contributed by atoms with Crippen molar-refractivity contribution in [2.45, 2.75) is 25.7 Å². The Labute approximate surface area is 131 Å². The van der Waals surface area contributed by atoms with Gasteiger partial charge in [0, 0.05) is 17.3 Å². The number of fused-ring (bicyclic) bond motifs is 1. The van der Waals surface area contributed by atoms with Gasteiger partial charge in [0.05, 0.1) is 0 Å². The maximum atomic E-state index is 5.86. The Kier molecular flexibility index (Phi) is 4.66. The monoisotopic (exact) mass is 301 g/mol. The third kappa shape index (κ3) is 3.92. The Morgan fingerprint density at radius 2 is 1.71 bits per heavy atom. The number of nitrogens with one attached hydrogen (secondary N) is 1. The van der Waals surface area contributed by atoms with E-state index in [0.717, 1.165) is 23.0 Å². The van der Waals surface area contributed by atoms with Crippen molar-refractivity contribution in [3.63, 3.8) is 0 Å². The van der Waals surface area contributed by atoms with Crippen molar-refractivity contribution in [3.05, 3.63) is 58.6 Å². The molecule has 0 bridgehead atoms. The quantitative estimate of drug-likeness (QED) is 0.808. The van der Waals surface area contributed by atoms with Gasteiger partial charge in [-0.15, -0.1) is 0 Å². The van der Waals surface area contributed by atoms with Crippen LogP contribution >= 0.6 is 11.6 Å². The van der Waals surface area contributed by atoms with E-state index in [2.05, 4.69) is 23.5 Å². The average molecular weight is 302 g/mol. The fourth-order valence-corrected chi connectivity index (χ4v) is 2.86. The minimum Gasteiger partial charge on any atom is -0.492 e. The number of benzene rings is 2. The molecule has 0 radical (unpaired) electrons. The second-order valence-corrected chi connectivity index (χ2v) is 5.86. The average Bonchev–Trinajstić information content (AvgIpc) is 2.53. The van der Waals surface area contributed by atoms with Gasteiger partial charge in [-0.25, -0.2) is 0 Å². The highest BCUT2D eigenvalue weighted by Crippen LogP contribution is 2.25. The lowest BCUT2D eigenvalue weighted by Crippen LogP contribution is -2.12. The first kappa shape index (κ1) is 14.3. The molecule has 1 N–H and O–H groups in total. The van der Waals surface area contributed by atoms with Crippen LogP contribution in [0.25, 0.3) is 0 Å². The van der Waals surface area contributed by atoms with Crippen molar-refractivity contribution in [2.24, 2.45) is 0 Å². The number of hydrogen-bond donors (Lipinski definition) is 1. The molecule has 0 amide bonds. The summed E-state index contributed by atoms with van der Waals surface area (Å²) in [7, 11) is 0. The van der Waals surface area contributed by atoms with E-state index in [1.165, 1.54) is 36.8 Å². The molecule has 2 aromatic carbocycles. The lowest BCUT2D eigenvalue weighted by Gasteiger charge is -2.17. The summed E-state index contributed by atoms with van der Waals surface area (Å²) in [5.41, 5.74) is 4.02. The van der Waals surface area contributed by atoms with Gasteiger partial charge in [-0.2, -0.15) is 0 Å². The SMILES string of the molecule is Clc1ccc(NCCOc2ccc3c(c2)CCCC3)cc1. The zero-order valence-electron chi connectivity index (χ0n) is 12.1. The van der Waals surface area contributed by atoms with Crippen molar-refractivity contribution in [3.8, 4) is 5.75 Å². The zero-order valence-corrected chi connectivity index (χ0v) is 12.8. The van der Waals surface area contributed by atoms with Crippen molar-refractivity contribution in [1.82, 2.24) is 0 Å². The fraction of sp³-hybridized carbons (Fsp3) is 0.333. The smallest absolute Gasteiger partial charge is 0.119 e. The van der Waals surface area contributed by atoms with Crippen molar-refractivity contribution < 1.29 is 4.74 Å². The van der Waals surface area contributed by atoms with Gasteiger partial charge in [-0.1, -0.05) is 17.7 Å². The van der Waals surface area contributed by atoms with Crippen LogP contribution in [0, 0.1) is 0 Å². The summed E-state index contributed by atoms with van der Waals surface area (Å²) in [5.74, 6) is 0.980. The van der Waals surface area contributed by atoms with E-state index in [4.69, 9.17) is 16.3 Å². The predicted octanol–water partition coefficient (Wildman–Crippen LogP) is 4.71. The summed E-state index contributed by atoms with van der Waals surface area (Å²) >= 11 is 5.86. The molecule has 1 aliphatic carbocycles. The lowest BCUT2D eigenvalue weighted by atomic mass is 9.92. The Hall–Kier alpha value is -1.67. The van der Waals surface area contributed by atoms with Crippen LogP contribution in [-0.2, 0) is 12.8 Å². The predicted molar refractivity (Wildman–Crippen MR) is 88.5 cm³/mol. The van der Waals surface area contributed by atoms with Crippen molar-refractivity contribution in [1.29, 1.82) is 0 Å². The number of hydrogen-bond acceptors (Lipinski definition) is 2. The summed E-state index contributed by atoms with van der Waals surface area (Å²) in [6.07, 6.45) is 5.02. The van der Waals surface area contributed by atoms with E-state index in [1.54, 1.807) is 0 Å². The minimum absolute atomic E-state index is 0.654. The Bertz CT molecular complexity index is 595. The van der Waals surface area contributed by atoms with Crippen LogP contribution in [0.2, 0.25) is 5.02 Å². The van der Waals surface area contributed by atoms with Gasteiger partial charge in [0.1, 0.15) is 12.4 Å². The summed E-state index contributed by atoms with van der Waals surface area (Å²) in [6.45, 7) is 1.43. The van der Waals surface area contributed by atoms with E-state index < -0.39 is 0 Å². The molecule has 2 nitrogen and oxygen atoms in total. The van der Waals surface area contributed by atoms with Crippen LogP contribution in [-0.4, -0.2) is 13.2 Å². The molecule has 0 unspecified atom stereocenters. The van der Waals surface area contributed by atoms with E-state index in [9.17, 15) is 0 Å². The normalized spacial score (nSPS) is 13.6. The van der Waals surface area contributed by atoms with Gasteiger partial charge in [0.25, 0.3) is 0 Å². The maximum absolute atomic E-state index is 5.86. The number of aryl methyl sites for hydroxylation is 2. The summed E-state index contributed by atoms with van der Waals surface area (Å²) < 4.78 is 5.83. The first-order chi connectivity index (χ1) is 10.3. The number of rotatable bonds is 5. The molecule has 3 rings (SSSR count). The highest BCUT2D eigenvalue weighted by molar-refractivity contribution is 6.30. The molecule has 0 heterocycles. The van der Waals surface area contributed by atoms with Crippen LogP contribution in [0.15, 0.2) is 42.5 Å². The molecule has 0 atom stereocenters. The second-order valence-electron chi connectivity index (χ2n) is 5.42. The first-order valence-electron chi connectivity index (χ1n) is 7.55. The summed E-state index contributed by atoms with van der Waals surface area (Å²) in [5, 5.41) is 4.08. The first-order valence-corrected chi connectivity index (χ1v) is 7.93. The largest absolute Gasteiger partial charge is 0.492 e. The molecule has 0 saturated carbocycles. The molecule has 0 saturated heterocycles. The minimum atomic E-state index is 0.654. The topological polar surface area (TPSA) is 21.3 Å². The number of halogens is 1.